The summed E-state index contributed by atoms with van der Waals surface area (Å²) in [7, 11) is 0. The van der Waals surface area contributed by atoms with Gasteiger partial charge < -0.3 is 0 Å². The minimum atomic E-state index is 0.718. The maximum Gasteiger partial charge on any atom is 0.0136 e. The van der Waals surface area contributed by atoms with E-state index in [-0.39, 0.29) is 0 Å². The number of benzene rings is 2. The summed E-state index contributed by atoms with van der Waals surface area (Å²) in [6, 6.07) is 15.6. The molecule has 18 heavy (non-hydrogen) atoms. The standard InChI is InChI=1S/C17H19I/c1-12(2)10-14-5-7-15(8-6-14)17-11-16(18)9-4-13(17)3/h4-9,11-12H,10H2,1-3H3. The minimum absolute atomic E-state index is 0.718. The van der Waals surface area contributed by atoms with Crippen molar-refractivity contribution in [3.63, 3.8) is 0 Å². The van der Waals surface area contributed by atoms with Crippen molar-refractivity contribution in [3.05, 3.63) is 57.2 Å². The van der Waals surface area contributed by atoms with Crippen molar-refractivity contribution in [2.45, 2.75) is 27.2 Å². The molecule has 0 N–H and O–H groups in total. The second-order valence-corrected chi connectivity index (χ2v) is 6.50. The second-order valence-electron chi connectivity index (χ2n) is 5.25. The van der Waals surface area contributed by atoms with E-state index in [9.17, 15) is 0 Å². The van der Waals surface area contributed by atoms with E-state index in [1.807, 2.05) is 0 Å². The van der Waals surface area contributed by atoms with Gasteiger partial charge in [-0.25, -0.2) is 0 Å². The highest BCUT2D eigenvalue weighted by Crippen LogP contribution is 2.26. The first-order valence-electron chi connectivity index (χ1n) is 6.41. The van der Waals surface area contributed by atoms with Crippen LogP contribution in [0.15, 0.2) is 42.5 Å². The normalized spacial score (nSPS) is 10.9. The predicted octanol–water partition coefficient (Wildman–Crippen LogP) is 5.47. The van der Waals surface area contributed by atoms with E-state index in [1.54, 1.807) is 0 Å². The molecule has 0 unspecified atom stereocenters. The molecule has 0 fully saturated rings. The molecule has 2 aromatic carbocycles. The third-order valence-electron chi connectivity index (χ3n) is 3.11. The topological polar surface area (TPSA) is 0 Å². The van der Waals surface area contributed by atoms with Gasteiger partial charge in [0.1, 0.15) is 0 Å². The number of halogens is 1. The molecule has 0 radical (unpaired) electrons. The molecule has 0 heterocycles. The first kappa shape index (κ1) is 13.6. The van der Waals surface area contributed by atoms with E-state index in [2.05, 4.69) is 85.8 Å². The number of aryl methyl sites for hydroxylation is 1. The maximum atomic E-state index is 2.37. The van der Waals surface area contributed by atoms with E-state index in [1.165, 1.54) is 25.8 Å². The van der Waals surface area contributed by atoms with Gasteiger partial charge in [-0.3, -0.25) is 0 Å². The van der Waals surface area contributed by atoms with Gasteiger partial charge in [0, 0.05) is 3.57 Å². The van der Waals surface area contributed by atoms with Crippen molar-refractivity contribution in [1.29, 1.82) is 0 Å². The zero-order valence-corrected chi connectivity index (χ0v) is 13.4. The van der Waals surface area contributed by atoms with E-state index >= 15 is 0 Å². The van der Waals surface area contributed by atoms with Crippen LogP contribution in [0.3, 0.4) is 0 Å². The van der Waals surface area contributed by atoms with Crippen molar-refractivity contribution in [2.24, 2.45) is 5.92 Å². The Hall–Kier alpha value is -0.830. The van der Waals surface area contributed by atoms with Crippen LogP contribution in [0.1, 0.15) is 25.0 Å². The van der Waals surface area contributed by atoms with E-state index in [0.29, 0.717) is 0 Å². The van der Waals surface area contributed by atoms with Gasteiger partial charge in [-0.05, 0) is 76.2 Å². The monoisotopic (exact) mass is 350 g/mol. The maximum absolute atomic E-state index is 2.37. The van der Waals surface area contributed by atoms with Crippen LogP contribution in [0, 0.1) is 16.4 Å². The molecule has 0 saturated carbocycles. The lowest BCUT2D eigenvalue weighted by atomic mass is 9.97. The van der Waals surface area contributed by atoms with Crippen LogP contribution in [-0.2, 0) is 6.42 Å². The van der Waals surface area contributed by atoms with Crippen LogP contribution in [0.25, 0.3) is 11.1 Å². The summed E-state index contributed by atoms with van der Waals surface area (Å²) < 4.78 is 1.29. The van der Waals surface area contributed by atoms with Crippen LogP contribution in [-0.4, -0.2) is 0 Å². The van der Waals surface area contributed by atoms with Gasteiger partial charge in [0.25, 0.3) is 0 Å². The van der Waals surface area contributed by atoms with Crippen molar-refractivity contribution >= 4 is 22.6 Å². The molecule has 0 amide bonds. The lowest BCUT2D eigenvalue weighted by Gasteiger charge is -2.09. The fourth-order valence-electron chi connectivity index (χ4n) is 2.20. The summed E-state index contributed by atoms with van der Waals surface area (Å²) in [6.07, 6.45) is 1.16. The van der Waals surface area contributed by atoms with Crippen molar-refractivity contribution < 1.29 is 0 Å². The molecule has 94 valence electrons. The molecule has 0 aliphatic carbocycles. The van der Waals surface area contributed by atoms with E-state index in [4.69, 9.17) is 0 Å². The molecule has 1 heteroatoms. The Labute approximate surface area is 124 Å². The minimum Gasteiger partial charge on any atom is -0.0625 e. The second kappa shape index (κ2) is 5.87. The Balaban J connectivity index is 2.31. The molecule has 0 spiro atoms. The highest BCUT2D eigenvalue weighted by Gasteiger charge is 2.03. The summed E-state index contributed by atoms with van der Waals surface area (Å²) in [5.41, 5.74) is 5.43. The van der Waals surface area contributed by atoms with Crippen molar-refractivity contribution in [3.8, 4) is 11.1 Å². The molecule has 0 bridgehead atoms. The van der Waals surface area contributed by atoms with Crippen LogP contribution >= 0.6 is 22.6 Å². The van der Waals surface area contributed by atoms with Crippen molar-refractivity contribution in [2.75, 3.05) is 0 Å². The smallest absolute Gasteiger partial charge is 0.0136 e. The van der Waals surface area contributed by atoms with Gasteiger partial charge in [0.2, 0.25) is 0 Å². The Bertz CT molecular complexity index is 524. The molecule has 0 aromatic heterocycles. The SMILES string of the molecule is Cc1ccc(I)cc1-c1ccc(CC(C)C)cc1. The number of hydrogen-bond acceptors (Lipinski definition) is 0. The highest BCUT2D eigenvalue weighted by atomic mass is 127. The molecule has 0 nitrogen and oxygen atoms in total. The lowest BCUT2D eigenvalue weighted by molar-refractivity contribution is 0.647. The quantitative estimate of drug-likeness (QED) is 0.645. The molecule has 0 atom stereocenters. The summed E-state index contributed by atoms with van der Waals surface area (Å²) in [5, 5.41) is 0. The first-order valence-corrected chi connectivity index (χ1v) is 7.49. The fourth-order valence-corrected chi connectivity index (χ4v) is 2.69. The highest BCUT2D eigenvalue weighted by molar-refractivity contribution is 14.1. The van der Waals surface area contributed by atoms with E-state index < -0.39 is 0 Å². The first-order chi connectivity index (χ1) is 8.56. The van der Waals surface area contributed by atoms with Gasteiger partial charge >= 0.3 is 0 Å². The number of hydrogen-bond donors (Lipinski definition) is 0. The largest absolute Gasteiger partial charge is 0.0625 e. The van der Waals surface area contributed by atoms with Crippen LogP contribution in [0.4, 0.5) is 0 Å². The van der Waals surface area contributed by atoms with Gasteiger partial charge in [-0.15, -0.1) is 0 Å². The van der Waals surface area contributed by atoms with Gasteiger partial charge in [0.15, 0.2) is 0 Å². The zero-order valence-electron chi connectivity index (χ0n) is 11.2. The Kier molecular flexibility index (Phi) is 4.44. The molecule has 0 saturated heterocycles. The van der Waals surface area contributed by atoms with Crippen LogP contribution < -0.4 is 0 Å². The molecule has 2 aromatic rings. The Morgan fingerprint density at radius 3 is 2.28 bits per heavy atom. The lowest BCUT2D eigenvalue weighted by Crippen LogP contribution is -1.93. The molecular formula is C17H19I. The van der Waals surface area contributed by atoms with Crippen molar-refractivity contribution in [1.82, 2.24) is 0 Å². The van der Waals surface area contributed by atoms with Gasteiger partial charge in [-0.1, -0.05) is 44.2 Å². The zero-order chi connectivity index (χ0) is 13.1. The molecule has 2 rings (SSSR count). The Morgan fingerprint density at radius 2 is 1.67 bits per heavy atom. The summed E-state index contributed by atoms with van der Waals surface area (Å²) in [4.78, 5) is 0. The number of rotatable bonds is 3. The average molecular weight is 350 g/mol. The van der Waals surface area contributed by atoms with Gasteiger partial charge in [-0.2, -0.15) is 0 Å². The van der Waals surface area contributed by atoms with E-state index in [0.717, 1.165) is 12.3 Å². The Morgan fingerprint density at radius 1 is 1.00 bits per heavy atom. The molecule has 0 aliphatic rings. The van der Waals surface area contributed by atoms with Crippen LogP contribution in [0.2, 0.25) is 0 Å². The van der Waals surface area contributed by atoms with Gasteiger partial charge in [0.05, 0.1) is 0 Å². The third-order valence-corrected chi connectivity index (χ3v) is 3.78. The third kappa shape index (κ3) is 3.35. The average Bonchev–Trinajstić information content (AvgIpc) is 2.33. The summed E-state index contributed by atoms with van der Waals surface area (Å²) in [5.74, 6) is 0.718. The molecular weight excluding hydrogens is 331 g/mol. The van der Waals surface area contributed by atoms with Crippen LogP contribution in [0.5, 0.6) is 0 Å². The predicted molar refractivity (Wildman–Crippen MR) is 87.9 cm³/mol. The summed E-state index contributed by atoms with van der Waals surface area (Å²) >= 11 is 2.37. The fraction of sp³-hybridized carbons (Fsp3) is 0.294. The molecule has 0 aliphatic heterocycles. The summed E-state index contributed by atoms with van der Waals surface area (Å²) in [6.45, 7) is 6.70.